The fourth-order valence-corrected chi connectivity index (χ4v) is 8.83. The molecule has 0 bridgehead atoms. The number of phenols is 1. The van der Waals surface area contributed by atoms with Crippen molar-refractivity contribution < 1.29 is 5.11 Å². The Balaban J connectivity index is 1.25. The number of benzene rings is 4. The lowest BCUT2D eigenvalue weighted by molar-refractivity contribution is 0.476. The summed E-state index contributed by atoms with van der Waals surface area (Å²) < 4.78 is 0. The SMILES string of the molecule is CN(c1ccnc([Si](C)(C)c2cccc(-c3ccc4c(n3)-c3c(O)cccc3C4(C)C)c2)c1)c1cccc2ccccc12. The van der Waals surface area contributed by atoms with Crippen LogP contribution in [0.4, 0.5) is 11.4 Å². The normalized spacial score (nSPS) is 13.5. The molecule has 0 aliphatic heterocycles. The van der Waals surface area contributed by atoms with Gasteiger partial charge in [0, 0.05) is 51.9 Å². The van der Waals surface area contributed by atoms with Crippen LogP contribution in [-0.2, 0) is 5.41 Å². The maximum Gasteiger partial charge on any atom is 0.135 e. The van der Waals surface area contributed by atoms with Gasteiger partial charge in [0.2, 0.25) is 0 Å². The van der Waals surface area contributed by atoms with Gasteiger partial charge in [-0.3, -0.25) is 4.98 Å². The summed E-state index contributed by atoms with van der Waals surface area (Å²) in [7, 11) is -0.0356. The standard InChI is InChI=1S/C38H35N3OSi/c1-38(2)30-16-10-18-34(42)36(30)37-31(38)19-20-32(40-37)26-13-8-14-28(23-26)43(4,5)35-24-27(21-22-39-35)41(3)33-17-9-12-25-11-6-7-15-29(25)33/h6-24,42H,1-5H3. The predicted molar refractivity (Wildman–Crippen MR) is 182 cm³/mol. The summed E-state index contributed by atoms with van der Waals surface area (Å²) in [6.45, 7) is 9.13. The Labute approximate surface area is 254 Å². The highest BCUT2D eigenvalue weighted by Gasteiger charge is 2.38. The molecule has 0 unspecified atom stereocenters. The van der Waals surface area contributed by atoms with Crippen LogP contribution in [0.3, 0.4) is 0 Å². The minimum absolute atomic E-state index is 0.207. The molecular formula is C38H35N3OSi. The highest BCUT2D eigenvalue weighted by atomic mass is 28.3. The van der Waals surface area contributed by atoms with E-state index in [1.54, 1.807) is 6.07 Å². The molecule has 0 fully saturated rings. The van der Waals surface area contributed by atoms with Gasteiger partial charge in [0.15, 0.2) is 0 Å². The molecule has 212 valence electrons. The molecule has 0 saturated heterocycles. The molecule has 0 spiro atoms. The van der Waals surface area contributed by atoms with E-state index in [0.29, 0.717) is 0 Å². The van der Waals surface area contributed by atoms with E-state index in [1.165, 1.54) is 21.6 Å². The van der Waals surface area contributed by atoms with Gasteiger partial charge in [-0.15, -0.1) is 0 Å². The van der Waals surface area contributed by atoms with Crippen molar-refractivity contribution in [1.82, 2.24) is 9.97 Å². The van der Waals surface area contributed by atoms with E-state index < -0.39 is 8.07 Å². The molecule has 1 aliphatic rings. The number of nitrogens with zero attached hydrogens (tertiary/aromatic N) is 3. The zero-order valence-electron chi connectivity index (χ0n) is 25.3. The molecule has 5 heteroatoms. The summed E-state index contributed by atoms with van der Waals surface area (Å²) in [5.74, 6) is 0.288. The van der Waals surface area contributed by atoms with Crippen LogP contribution in [0.1, 0.15) is 25.0 Å². The molecule has 1 N–H and O–H groups in total. The largest absolute Gasteiger partial charge is 0.507 e. The van der Waals surface area contributed by atoms with Crippen LogP contribution < -0.4 is 15.4 Å². The third-order valence-electron chi connectivity index (χ3n) is 9.30. The van der Waals surface area contributed by atoms with Crippen LogP contribution in [-0.4, -0.2) is 30.2 Å². The Morgan fingerprint density at radius 2 is 1.53 bits per heavy atom. The lowest BCUT2D eigenvalue weighted by Gasteiger charge is -2.26. The second-order valence-electron chi connectivity index (χ2n) is 12.6. The minimum atomic E-state index is -2.17. The molecule has 4 aromatic carbocycles. The molecule has 0 radical (unpaired) electrons. The quantitative estimate of drug-likeness (QED) is 0.212. The second-order valence-corrected chi connectivity index (χ2v) is 16.9. The molecule has 2 aromatic heterocycles. The first-order valence-electron chi connectivity index (χ1n) is 14.8. The number of anilines is 2. The third-order valence-corrected chi connectivity index (χ3v) is 12.6. The van der Waals surface area contributed by atoms with Crippen LogP contribution in [0, 0.1) is 0 Å². The van der Waals surface area contributed by atoms with Gasteiger partial charge in [0.1, 0.15) is 13.8 Å². The van der Waals surface area contributed by atoms with E-state index in [4.69, 9.17) is 9.97 Å². The molecular weight excluding hydrogens is 543 g/mol. The summed E-state index contributed by atoms with van der Waals surface area (Å²) in [6, 6.07) is 38.2. The Kier molecular flexibility index (Phi) is 6.26. The Morgan fingerprint density at radius 3 is 2.40 bits per heavy atom. The van der Waals surface area contributed by atoms with Crippen molar-refractivity contribution in [1.29, 1.82) is 0 Å². The molecule has 43 heavy (non-hydrogen) atoms. The van der Waals surface area contributed by atoms with E-state index in [0.717, 1.165) is 44.6 Å². The summed E-state index contributed by atoms with van der Waals surface area (Å²) in [5, 5.41) is 15.7. The van der Waals surface area contributed by atoms with Crippen molar-refractivity contribution >= 4 is 40.7 Å². The van der Waals surface area contributed by atoms with Crippen LogP contribution in [0.5, 0.6) is 5.75 Å². The molecule has 2 heterocycles. The lowest BCUT2D eigenvalue weighted by Crippen LogP contribution is -2.54. The van der Waals surface area contributed by atoms with E-state index >= 15 is 0 Å². The first kappa shape index (κ1) is 27.1. The van der Waals surface area contributed by atoms with Crippen LogP contribution >= 0.6 is 0 Å². The zero-order valence-corrected chi connectivity index (χ0v) is 26.3. The summed E-state index contributed by atoms with van der Waals surface area (Å²) >= 11 is 0. The van der Waals surface area contributed by atoms with E-state index in [9.17, 15) is 5.11 Å². The van der Waals surface area contributed by atoms with Gasteiger partial charge in [0.25, 0.3) is 0 Å². The van der Waals surface area contributed by atoms with E-state index in [2.05, 4.69) is 136 Å². The number of phenolic OH excluding ortho intramolecular Hbond substituents is 1. The van der Waals surface area contributed by atoms with Gasteiger partial charge < -0.3 is 10.0 Å². The summed E-state index contributed by atoms with van der Waals surface area (Å²) in [6.07, 6.45) is 1.94. The van der Waals surface area contributed by atoms with Crippen molar-refractivity contribution in [2.45, 2.75) is 32.4 Å². The third kappa shape index (κ3) is 4.34. The molecule has 7 rings (SSSR count). The van der Waals surface area contributed by atoms with Crippen LogP contribution in [0.15, 0.2) is 115 Å². The lowest BCUT2D eigenvalue weighted by atomic mass is 9.83. The number of pyridine rings is 2. The number of rotatable bonds is 5. The van der Waals surface area contributed by atoms with Gasteiger partial charge in [-0.25, -0.2) is 4.98 Å². The maximum atomic E-state index is 10.8. The molecule has 0 saturated carbocycles. The monoisotopic (exact) mass is 577 g/mol. The number of hydrogen-bond acceptors (Lipinski definition) is 4. The highest BCUT2D eigenvalue weighted by Crippen LogP contribution is 2.51. The van der Waals surface area contributed by atoms with Crippen molar-refractivity contribution in [3.63, 3.8) is 0 Å². The number of hydrogen-bond donors (Lipinski definition) is 1. The fraction of sp³-hybridized carbons (Fsp3) is 0.158. The first-order valence-corrected chi connectivity index (χ1v) is 17.8. The Bertz CT molecular complexity index is 2030. The number of aromatic nitrogens is 2. The Hall–Kier alpha value is -4.74. The molecule has 0 atom stereocenters. The fourth-order valence-electron chi connectivity index (χ4n) is 6.59. The predicted octanol–water partition coefficient (Wildman–Crippen LogP) is 7.90. The van der Waals surface area contributed by atoms with Gasteiger partial charge >= 0.3 is 0 Å². The highest BCUT2D eigenvalue weighted by molar-refractivity contribution is 7.00. The number of aromatic hydroxyl groups is 1. The van der Waals surface area contributed by atoms with Crippen molar-refractivity contribution in [2.24, 2.45) is 0 Å². The van der Waals surface area contributed by atoms with Crippen LogP contribution in [0.2, 0.25) is 13.1 Å². The summed E-state index contributed by atoms with van der Waals surface area (Å²) in [5.41, 5.74) is 8.08. The average Bonchev–Trinajstić information content (AvgIpc) is 3.27. The molecule has 4 nitrogen and oxygen atoms in total. The van der Waals surface area contributed by atoms with Crippen LogP contribution in [0.25, 0.3) is 33.3 Å². The Morgan fingerprint density at radius 1 is 0.767 bits per heavy atom. The van der Waals surface area contributed by atoms with E-state index in [-0.39, 0.29) is 11.2 Å². The summed E-state index contributed by atoms with van der Waals surface area (Å²) in [4.78, 5) is 12.3. The molecule has 0 amide bonds. The minimum Gasteiger partial charge on any atom is -0.507 e. The number of fused-ring (bicyclic) bond motifs is 4. The topological polar surface area (TPSA) is 49.2 Å². The average molecular weight is 578 g/mol. The van der Waals surface area contributed by atoms with Gasteiger partial charge in [-0.05, 0) is 46.8 Å². The first-order chi connectivity index (χ1) is 20.7. The van der Waals surface area contributed by atoms with Gasteiger partial charge in [0.05, 0.1) is 11.4 Å². The van der Waals surface area contributed by atoms with Crippen molar-refractivity contribution in [3.8, 4) is 28.3 Å². The van der Waals surface area contributed by atoms with Gasteiger partial charge in [-0.1, -0.05) is 111 Å². The maximum absolute atomic E-state index is 10.8. The van der Waals surface area contributed by atoms with Gasteiger partial charge in [-0.2, -0.15) is 0 Å². The smallest absolute Gasteiger partial charge is 0.135 e. The zero-order chi connectivity index (χ0) is 29.9. The van der Waals surface area contributed by atoms with E-state index in [1.807, 2.05) is 12.3 Å². The molecule has 6 aromatic rings. The van der Waals surface area contributed by atoms with Crippen molar-refractivity contribution in [3.05, 3.63) is 127 Å². The van der Waals surface area contributed by atoms with Crippen molar-refractivity contribution in [2.75, 3.05) is 11.9 Å². The second kappa shape index (κ2) is 9.92. The molecule has 1 aliphatic carbocycles.